The fraction of sp³-hybridized carbons (Fsp3) is 0.750. The van der Waals surface area contributed by atoms with Crippen LogP contribution in [0.25, 0.3) is 9.66 Å². The highest BCUT2D eigenvalue weighted by Gasteiger charge is 2.28. The molecule has 0 aromatic carbocycles. The summed E-state index contributed by atoms with van der Waals surface area (Å²) in [6, 6.07) is 0. The summed E-state index contributed by atoms with van der Waals surface area (Å²) in [6.07, 6.45) is 3.46. The van der Waals surface area contributed by atoms with Crippen molar-refractivity contribution in [3.63, 3.8) is 0 Å². The molecule has 0 bridgehead atoms. The number of hydrogen-bond donors (Lipinski definition) is 2. The van der Waals surface area contributed by atoms with E-state index in [1.54, 1.807) is 22.7 Å². The fourth-order valence-corrected chi connectivity index (χ4v) is 4.78. The largest absolute Gasteiger partial charge is 0.396 e. The molecule has 2 aromatic heterocycles. The summed E-state index contributed by atoms with van der Waals surface area (Å²) in [5.41, 5.74) is -0.0270. The van der Waals surface area contributed by atoms with E-state index in [4.69, 9.17) is 20.2 Å². The van der Waals surface area contributed by atoms with Crippen molar-refractivity contribution in [2.75, 3.05) is 13.2 Å². The minimum Gasteiger partial charge on any atom is -0.396 e. The van der Waals surface area contributed by atoms with Crippen molar-refractivity contribution in [1.29, 1.82) is 0 Å². The molecule has 0 saturated carbocycles. The summed E-state index contributed by atoms with van der Waals surface area (Å²) in [5, 5.41) is 20.3. The molecule has 0 aliphatic heterocycles. The van der Waals surface area contributed by atoms with Crippen LogP contribution in [-0.2, 0) is 10.8 Å². The zero-order valence-electron chi connectivity index (χ0n) is 13.8. The van der Waals surface area contributed by atoms with Crippen LogP contribution >= 0.6 is 22.7 Å². The van der Waals surface area contributed by atoms with Crippen molar-refractivity contribution in [3.05, 3.63) is 10.0 Å². The van der Waals surface area contributed by atoms with Crippen LogP contribution in [0.2, 0.25) is 0 Å². The zero-order valence-corrected chi connectivity index (χ0v) is 15.5. The first kappa shape index (κ1) is 17.8. The minimum atomic E-state index is -0.0135. The van der Waals surface area contributed by atoms with Gasteiger partial charge >= 0.3 is 0 Å². The van der Waals surface area contributed by atoms with Gasteiger partial charge in [0.15, 0.2) is 9.66 Å². The van der Waals surface area contributed by atoms with Crippen molar-refractivity contribution < 1.29 is 10.2 Å². The maximum absolute atomic E-state index is 9.03. The van der Waals surface area contributed by atoms with Crippen LogP contribution in [0.15, 0.2) is 0 Å². The van der Waals surface area contributed by atoms with Crippen LogP contribution in [0.3, 0.4) is 0 Å². The van der Waals surface area contributed by atoms with Crippen LogP contribution in [-0.4, -0.2) is 33.4 Å². The van der Waals surface area contributed by atoms with Gasteiger partial charge in [-0.2, -0.15) is 0 Å². The average Bonchev–Trinajstić information content (AvgIpc) is 3.02. The average molecular weight is 343 g/mol. The first-order valence-corrected chi connectivity index (χ1v) is 9.43. The third-order valence-electron chi connectivity index (χ3n) is 4.05. The Balaban J connectivity index is 2.22. The quantitative estimate of drug-likeness (QED) is 0.764. The number of thiazole rings is 2. The Morgan fingerprint density at radius 1 is 0.773 bits per heavy atom. The molecule has 0 fully saturated rings. The van der Waals surface area contributed by atoms with Gasteiger partial charge < -0.3 is 10.2 Å². The number of aliphatic hydroxyl groups excluding tert-OH is 2. The molecule has 0 spiro atoms. The van der Waals surface area contributed by atoms with Gasteiger partial charge in [0.05, 0.1) is 0 Å². The lowest BCUT2D eigenvalue weighted by Gasteiger charge is -2.22. The monoisotopic (exact) mass is 342 g/mol. The first-order chi connectivity index (χ1) is 10.3. The van der Waals surface area contributed by atoms with Gasteiger partial charge in [-0.05, 0) is 25.7 Å². The molecule has 0 amide bonds. The predicted molar refractivity (Wildman–Crippen MR) is 94.0 cm³/mol. The molecule has 0 aliphatic carbocycles. The van der Waals surface area contributed by atoms with Crippen LogP contribution in [0.1, 0.15) is 63.4 Å². The van der Waals surface area contributed by atoms with E-state index in [0.29, 0.717) is 0 Å². The lowest BCUT2D eigenvalue weighted by Crippen LogP contribution is -2.18. The Morgan fingerprint density at radius 2 is 1.14 bits per heavy atom. The summed E-state index contributed by atoms with van der Waals surface area (Å²) < 4.78 is 0. The van der Waals surface area contributed by atoms with E-state index in [0.717, 1.165) is 45.4 Å². The molecular formula is C16H26N2O2S2. The molecule has 2 N–H and O–H groups in total. The van der Waals surface area contributed by atoms with E-state index in [-0.39, 0.29) is 24.0 Å². The van der Waals surface area contributed by atoms with Gasteiger partial charge in [0.2, 0.25) is 0 Å². The van der Waals surface area contributed by atoms with Crippen molar-refractivity contribution in [1.82, 2.24) is 9.97 Å². The third-order valence-corrected chi connectivity index (χ3v) is 6.81. The normalized spacial score (nSPS) is 13.2. The maximum Gasteiger partial charge on any atom is 0.155 e. The maximum atomic E-state index is 9.03. The van der Waals surface area contributed by atoms with Crippen LogP contribution in [0.4, 0.5) is 0 Å². The standard InChI is InChI=1S/C16H26N2O2S2/c1-15(2,7-5-9-19)13-17-11-12(21-13)18-14(22-11)16(3,4)8-6-10-20/h19-20H,5-10H2,1-4H3. The van der Waals surface area contributed by atoms with Crippen LogP contribution in [0.5, 0.6) is 0 Å². The molecule has 0 aliphatic rings. The minimum absolute atomic E-state index is 0.0135. The van der Waals surface area contributed by atoms with E-state index in [1.165, 1.54) is 0 Å². The SMILES string of the molecule is CC(C)(CCCO)c1nc2sc(C(C)(C)CCCO)nc2s1. The molecule has 124 valence electrons. The number of nitrogens with zero attached hydrogens (tertiary/aromatic N) is 2. The second-order valence-electron chi connectivity index (χ2n) is 7.07. The molecule has 4 nitrogen and oxygen atoms in total. The van der Waals surface area contributed by atoms with Crippen molar-refractivity contribution >= 4 is 32.3 Å². The third kappa shape index (κ3) is 3.85. The smallest absolute Gasteiger partial charge is 0.155 e. The Labute approximate surface area is 140 Å². The van der Waals surface area contributed by atoms with Gasteiger partial charge in [-0.3, -0.25) is 0 Å². The number of rotatable bonds is 8. The molecule has 0 saturated heterocycles. The van der Waals surface area contributed by atoms with Gasteiger partial charge in [0, 0.05) is 24.0 Å². The van der Waals surface area contributed by atoms with Crippen molar-refractivity contribution in [2.45, 2.75) is 64.2 Å². The lowest BCUT2D eigenvalue weighted by atomic mass is 9.89. The molecule has 22 heavy (non-hydrogen) atoms. The van der Waals surface area contributed by atoms with E-state index in [9.17, 15) is 0 Å². The Hall–Kier alpha value is -0.560. The summed E-state index contributed by atoms with van der Waals surface area (Å²) in [6.45, 7) is 9.16. The molecule has 0 radical (unpaired) electrons. The second-order valence-corrected chi connectivity index (χ2v) is 9.03. The van der Waals surface area contributed by atoms with Crippen LogP contribution < -0.4 is 0 Å². The zero-order chi connectivity index (χ0) is 16.4. The van der Waals surface area contributed by atoms with Gasteiger partial charge in [0.1, 0.15) is 10.0 Å². The molecule has 2 aromatic rings. The lowest BCUT2D eigenvalue weighted by molar-refractivity contribution is 0.268. The van der Waals surface area contributed by atoms with E-state index in [2.05, 4.69) is 27.7 Å². The molecule has 6 heteroatoms. The van der Waals surface area contributed by atoms with Gasteiger partial charge in [-0.15, -0.1) is 0 Å². The van der Waals surface area contributed by atoms with Crippen LogP contribution in [0, 0.1) is 0 Å². The molecule has 0 atom stereocenters. The number of aliphatic hydroxyl groups is 2. The van der Waals surface area contributed by atoms with E-state index >= 15 is 0 Å². The molecule has 2 heterocycles. The first-order valence-electron chi connectivity index (χ1n) is 7.80. The molecule has 0 unspecified atom stereocenters. The molecular weight excluding hydrogens is 316 g/mol. The van der Waals surface area contributed by atoms with E-state index in [1.807, 2.05) is 0 Å². The predicted octanol–water partition coefficient (Wildman–Crippen LogP) is 3.85. The Bertz CT molecular complexity index is 536. The Morgan fingerprint density at radius 3 is 1.45 bits per heavy atom. The number of aromatic nitrogens is 2. The highest BCUT2D eigenvalue weighted by molar-refractivity contribution is 7.26. The number of hydrogen-bond acceptors (Lipinski definition) is 6. The summed E-state index contributed by atoms with van der Waals surface area (Å²) >= 11 is 3.35. The van der Waals surface area contributed by atoms with E-state index < -0.39 is 0 Å². The topological polar surface area (TPSA) is 66.2 Å². The van der Waals surface area contributed by atoms with Crippen molar-refractivity contribution in [3.8, 4) is 0 Å². The second kappa shape index (κ2) is 6.91. The summed E-state index contributed by atoms with van der Waals surface area (Å²) in [5.74, 6) is 0. The fourth-order valence-electron chi connectivity index (χ4n) is 2.48. The number of fused-ring (bicyclic) bond motifs is 1. The van der Waals surface area contributed by atoms with Crippen molar-refractivity contribution in [2.24, 2.45) is 0 Å². The summed E-state index contributed by atoms with van der Waals surface area (Å²) in [4.78, 5) is 11.6. The highest BCUT2D eigenvalue weighted by atomic mass is 32.1. The van der Waals surface area contributed by atoms with Gasteiger partial charge in [-0.25, -0.2) is 9.97 Å². The highest BCUT2D eigenvalue weighted by Crippen LogP contribution is 2.40. The Kier molecular flexibility index (Phi) is 5.59. The summed E-state index contributed by atoms with van der Waals surface area (Å²) in [7, 11) is 0. The van der Waals surface area contributed by atoms with Gasteiger partial charge in [-0.1, -0.05) is 50.4 Å². The van der Waals surface area contributed by atoms with Gasteiger partial charge in [0.25, 0.3) is 0 Å². The molecule has 2 rings (SSSR count).